The molecular formula is C27H25N3O4. The van der Waals surface area contributed by atoms with Crippen LogP contribution in [0.15, 0.2) is 95.7 Å². The van der Waals surface area contributed by atoms with Crippen LogP contribution in [0.25, 0.3) is 0 Å². The van der Waals surface area contributed by atoms with Crippen molar-refractivity contribution >= 4 is 17.5 Å². The topological polar surface area (TPSA) is 84.7 Å². The quantitative estimate of drug-likeness (QED) is 0.405. The maximum Gasteiger partial charge on any atom is 0.294 e. The number of pyridine rings is 1. The molecule has 0 unspecified atom stereocenters. The molecule has 2 heterocycles. The molecule has 34 heavy (non-hydrogen) atoms. The van der Waals surface area contributed by atoms with Gasteiger partial charge in [0.2, 0.25) is 5.91 Å². The fourth-order valence-electron chi connectivity index (χ4n) is 3.46. The highest BCUT2D eigenvalue weighted by Gasteiger charge is 2.21. The van der Waals surface area contributed by atoms with E-state index in [1.54, 1.807) is 30.3 Å². The first-order chi connectivity index (χ1) is 16.6. The Morgan fingerprint density at radius 1 is 0.941 bits per heavy atom. The van der Waals surface area contributed by atoms with Gasteiger partial charge >= 0.3 is 0 Å². The maximum absolute atomic E-state index is 13.2. The molecule has 7 heteroatoms. The van der Waals surface area contributed by atoms with Crippen LogP contribution in [-0.2, 0) is 24.3 Å². The maximum atomic E-state index is 13.2. The van der Waals surface area contributed by atoms with Gasteiger partial charge in [0, 0.05) is 11.9 Å². The molecule has 0 atom stereocenters. The Kier molecular flexibility index (Phi) is 7.35. The second-order valence-electron chi connectivity index (χ2n) is 7.66. The minimum atomic E-state index is -0.248. The molecular weight excluding hydrogens is 430 g/mol. The summed E-state index contributed by atoms with van der Waals surface area (Å²) in [7, 11) is 1.61. The Hall–Kier alpha value is -4.39. The van der Waals surface area contributed by atoms with Gasteiger partial charge in [-0.15, -0.1) is 0 Å². The third-order valence-electron chi connectivity index (χ3n) is 5.28. The zero-order valence-electron chi connectivity index (χ0n) is 18.8. The number of benzene rings is 2. The number of aromatic nitrogens is 1. The summed E-state index contributed by atoms with van der Waals surface area (Å²) in [6.45, 7) is 0.735. The van der Waals surface area contributed by atoms with E-state index < -0.39 is 0 Å². The Balaban J connectivity index is 1.46. The first kappa shape index (κ1) is 22.8. The van der Waals surface area contributed by atoms with E-state index in [1.807, 2.05) is 66.7 Å². The number of carbonyl (C=O) groups is 2. The molecule has 4 rings (SSSR count). The second kappa shape index (κ2) is 11.0. The molecule has 0 bridgehead atoms. The number of amides is 2. The number of ether oxygens (including phenoxy) is 1. The molecule has 0 aliphatic carbocycles. The van der Waals surface area contributed by atoms with Crippen molar-refractivity contribution in [2.45, 2.75) is 19.5 Å². The van der Waals surface area contributed by atoms with Crippen molar-refractivity contribution < 1.29 is 18.7 Å². The van der Waals surface area contributed by atoms with Crippen LogP contribution in [0.1, 0.15) is 27.4 Å². The van der Waals surface area contributed by atoms with Gasteiger partial charge in [-0.2, -0.15) is 0 Å². The lowest BCUT2D eigenvalue weighted by Crippen LogP contribution is -2.30. The number of anilines is 1. The minimum Gasteiger partial charge on any atom is -0.497 e. The van der Waals surface area contributed by atoms with Gasteiger partial charge in [0.05, 0.1) is 38.6 Å². The summed E-state index contributed by atoms with van der Waals surface area (Å²) in [5.74, 6) is 0.659. The number of methoxy groups -OCH3 is 1. The molecule has 2 aromatic carbocycles. The molecule has 172 valence electrons. The van der Waals surface area contributed by atoms with Crippen LogP contribution >= 0.6 is 0 Å². The minimum absolute atomic E-state index is 0.0971. The Morgan fingerprint density at radius 2 is 1.71 bits per heavy atom. The van der Waals surface area contributed by atoms with Gasteiger partial charge in [-0.25, -0.2) is 0 Å². The molecule has 0 spiro atoms. The number of furan rings is 1. The van der Waals surface area contributed by atoms with Crippen LogP contribution in [0.3, 0.4) is 0 Å². The first-order valence-electron chi connectivity index (χ1n) is 10.9. The standard InChI is InChI=1S/C27H25N3O4/c1-33-24-13-9-21(10-14-24)19-30(27(32)25-6-4-16-34-25)23-11-7-20(8-12-23)17-26(31)29-18-22-5-2-3-15-28-22/h2-16H,17-19H2,1H3,(H,29,31). The van der Waals surface area contributed by atoms with E-state index in [2.05, 4.69) is 10.3 Å². The molecule has 2 aromatic heterocycles. The van der Waals surface area contributed by atoms with Crippen molar-refractivity contribution in [1.82, 2.24) is 10.3 Å². The van der Waals surface area contributed by atoms with Crippen molar-refractivity contribution in [3.8, 4) is 5.75 Å². The van der Waals surface area contributed by atoms with E-state index in [1.165, 1.54) is 6.26 Å². The van der Waals surface area contributed by atoms with Gasteiger partial charge in [-0.05, 0) is 59.7 Å². The van der Waals surface area contributed by atoms with Crippen molar-refractivity contribution in [2.75, 3.05) is 12.0 Å². The zero-order chi connectivity index (χ0) is 23.8. The second-order valence-corrected chi connectivity index (χ2v) is 7.66. The van der Waals surface area contributed by atoms with Crippen LogP contribution in [0, 0.1) is 0 Å². The lowest BCUT2D eigenvalue weighted by Gasteiger charge is -2.22. The van der Waals surface area contributed by atoms with Crippen LogP contribution in [0.4, 0.5) is 5.69 Å². The Labute approximate surface area is 198 Å². The summed E-state index contributed by atoms with van der Waals surface area (Å²) in [5.41, 5.74) is 3.29. The van der Waals surface area contributed by atoms with Gasteiger partial charge < -0.3 is 19.4 Å². The number of hydrogen-bond donors (Lipinski definition) is 1. The predicted molar refractivity (Wildman–Crippen MR) is 128 cm³/mol. The lowest BCUT2D eigenvalue weighted by molar-refractivity contribution is -0.120. The summed E-state index contributed by atoms with van der Waals surface area (Å²) in [5, 5.41) is 2.87. The summed E-state index contributed by atoms with van der Waals surface area (Å²) in [4.78, 5) is 31.3. The molecule has 0 aliphatic rings. The Morgan fingerprint density at radius 3 is 2.35 bits per heavy atom. The average molecular weight is 456 g/mol. The summed E-state index contributed by atoms with van der Waals surface area (Å²) >= 11 is 0. The van der Waals surface area contributed by atoms with E-state index in [-0.39, 0.29) is 24.0 Å². The molecule has 7 nitrogen and oxygen atoms in total. The molecule has 0 radical (unpaired) electrons. The highest BCUT2D eigenvalue weighted by molar-refractivity contribution is 6.04. The number of hydrogen-bond acceptors (Lipinski definition) is 5. The van der Waals surface area contributed by atoms with E-state index in [4.69, 9.17) is 9.15 Å². The summed E-state index contributed by atoms with van der Waals surface area (Å²) in [6.07, 6.45) is 3.41. The van der Waals surface area contributed by atoms with Crippen molar-refractivity contribution in [2.24, 2.45) is 0 Å². The van der Waals surface area contributed by atoms with Gasteiger partial charge in [-0.3, -0.25) is 14.6 Å². The van der Waals surface area contributed by atoms with Gasteiger partial charge in [0.15, 0.2) is 5.76 Å². The van der Waals surface area contributed by atoms with E-state index in [0.29, 0.717) is 18.8 Å². The normalized spacial score (nSPS) is 10.5. The Bertz CT molecular complexity index is 1210. The van der Waals surface area contributed by atoms with Gasteiger partial charge in [-0.1, -0.05) is 30.3 Å². The molecule has 4 aromatic rings. The molecule has 0 saturated heterocycles. The molecule has 1 N–H and O–H groups in total. The third-order valence-corrected chi connectivity index (χ3v) is 5.28. The highest BCUT2D eigenvalue weighted by Crippen LogP contribution is 2.22. The largest absolute Gasteiger partial charge is 0.497 e. The highest BCUT2D eigenvalue weighted by atomic mass is 16.5. The first-order valence-corrected chi connectivity index (χ1v) is 10.9. The van der Waals surface area contributed by atoms with Crippen LogP contribution in [0.2, 0.25) is 0 Å². The van der Waals surface area contributed by atoms with E-state index >= 15 is 0 Å². The SMILES string of the molecule is COc1ccc(CN(C(=O)c2ccco2)c2ccc(CC(=O)NCc3ccccn3)cc2)cc1. The van der Waals surface area contributed by atoms with Gasteiger partial charge in [0.25, 0.3) is 5.91 Å². The number of carbonyl (C=O) groups excluding carboxylic acids is 2. The lowest BCUT2D eigenvalue weighted by atomic mass is 10.1. The number of nitrogens with one attached hydrogen (secondary N) is 1. The molecule has 2 amide bonds. The molecule has 0 aliphatic heterocycles. The average Bonchev–Trinajstić information content (AvgIpc) is 3.42. The predicted octanol–water partition coefficient (Wildman–Crippen LogP) is 4.39. The van der Waals surface area contributed by atoms with Crippen molar-refractivity contribution in [3.63, 3.8) is 0 Å². The van der Waals surface area contributed by atoms with Gasteiger partial charge in [0.1, 0.15) is 5.75 Å². The number of nitrogens with zero attached hydrogens (tertiary/aromatic N) is 2. The monoisotopic (exact) mass is 455 g/mol. The summed E-state index contributed by atoms with van der Waals surface area (Å²) < 4.78 is 10.6. The van der Waals surface area contributed by atoms with E-state index in [9.17, 15) is 9.59 Å². The van der Waals surface area contributed by atoms with Crippen LogP contribution in [-0.4, -0.2) is 23.9 Å². The number of rotatable bonds is 9. The fraction of sp³-hybridized carbons (Fsp3) is 0.148. The van der Waals surface area contributed by atoms with Crippen molar-refractivity contribution in [1.29, 1.82) is 0 Å². The van der Waals surface area contributed by atoms with Crippen LogP contribution < -0.4 is 15.0 Å². The third kappa shape index (κ3) is 5.89. The van der Waals surface area contributed by atoms with Crippen LogP contribution in [0.5, 0.6) is 5.75 Å². The zero-order valence-corrected chi connectivity index (χ0v) is 18.8. The van der Waals surface area contributed by atoms with Crippen molar-refractivity contribution in [3.05, 3.63) is 114 Å². The summed E-state index contributed by atoms with van der Waals surface area (Å²) in [6, 6.07) is 23.8. The molecule has 0 fully saturated rings. The van der Waals surface area contributed by atoms with E-state index in [0.717, 1.165) is 22.6 Å². The fourth-order valence-corrected chi connectivity index (χ4v) is 3.46. The molecule has 0 saturated carbocycles. The smallest absolute Gasteiger partial charge is 0.294 e.